The highest BCUT2D eigenvalue weighted by atomic mass is 16.6. The molecule has 14 N–H and O–H groups in total. The summed E-state index contributed by atoms with van der Waals surface area (Å²) in [7, 11) is 0. The SMILES string of the molecule is CCCC[C@H](NC(=O)[C@H](C)NC(=O)[C@H](CCC(=O)O)NC(=O)[C@H](Cc1ccc([N+](=O)[O-])cc1)NC(=O)[C@H](CC(C)C)NC(=O)[C@@H](NC(=O)[C@H](CCCN=C(N)N)NC(C)=O)C(C)C)C(N)=O. The van der Waals surface area contributed by atoms with Gasteiger partial charge in [-0.2, -0.15) is 0 Å². The van der Waals surface area contributed by atoms with Gasteiger partial charge in [0.05, 0.1) is 4.92 Å². The number of unbranched alkanes of at least 4 members (excludes halogenated alkanes) is 1. The largest absolute Gasteiger partial charge is 0.481 e. The highest BCUT2D eigenvalue weighted by Crippen LogP contribution is 2.15. The van der Waals surface area contributed by atoms with Crippen LogP contribution in [0.15, 0.2) is 29.3 Å². The second-order valence-corrected chi connectivity index (χ2v) is 16.6. The Morgan fingerprint density at radius 3 is 1.70 bits per heavy atom. The van der Waals surface area contributed by atoms with Gasteiger partial charge in [0, 0.05) is 38.4 Å². The molecule has 1 aromatic rings. The first kappa shape index (κ1) is 57.1. The minimum atomic E-state index is -1.58. The first-order valence-electron chi connectivity index (χ1n) is 21.8. The van der Waals surface area contributed by atoms with Gasteiger partial charge in [-0.3, -0.25) is 58.3 Å². The summed E-state index contributed by atoms with van der Waals surface area (Å²) in [6, 6.07) is -3.99. The third-order valence-electron chi connectivity index (χ3n) is 9.98. The number of benzene rings is 1. The topological polar surface area (TPSA) is 392 Å². The monoisotopic (exact) mass is 933 g/mol. The predicted molar refractivity (Wildman–Crippen MR) is 241 cm³/mol. The van der Waals surface area contributed by atoms with E-state index in [9.17, 15) is 58.4 Å². The number of nitrogens with two attached hydrogens (primary N) is 3. The summed E-state index contributed by atoms with van der Waals surface area (Å²) in [5.41, 5.74) is 16.2. The van der Waals surface area contributed by atoms with Gasteiger partial charge in [0.1, 0.15) is 42.3 Å². The van der Waals surface area contributed by atoms with E-state index in [-0.39, 0.29) is 49.8 Å². The number of carbonyl (C=O) groups is 9. The van der Waals surface area contributed by atoms with Crippen molar-refractivity contribution in [3.05, 3.63) is 39.9 Å². The van der Waals surface area contributed by atoms with E-state index in [1.54, 1.807) is 27.7 Å². The molecule has 7 atom stereocenters. The van der Waals surface area contributed by atoms with Crippen molar-refractivity contribution in [3.8, 4) is 0 Å². The van der Waals surface area contributed by atoms with E-state index in [2.05, 4.69) is 42.2 Å². The van der Waals surface area contributed by atoms with E-state index in [0.717, 1.165) is 0 Å². The van der Waals surface area contributed by atoms with E-state index >= 15 is 0 Å². The number of rotatable bonds is 30. The molecule has 0 unspecified atom stereocenters. The van der Waals surface area contributed by atoms with Crippen LogP contribution in [0.2, 0.25) is 0 Å². The van der Waals surface area contributed by atoms with E-state index in [1.165, 1.54) is 38.1 Å². The lowest BCUT2D eigenvalue weighted by Crippen LogP contribution is -2.60. The second kappa shape index (κ2) is 28.8. The summed E-state index contributed by atoms with van der Waals surface area (Å²) in [5, 5.41) is 38.6. The smallest absolute Gasteiger partial charge is 0.303 e. The van der Waals surface area contributed by atoms with E-state index in [1.807, 2.05) is 6.92 Å². The van der Waals surface area contributed by atoms with Crippen molar-refractivity contribution in [2.75, 3.05) is 6.54 Å². The number of nitro groups is 1. The Morgan fingerprint density at radius 1 is 0.667 bits per heavy atom. The van der Waals surface area contributed by atoms with Crippen molar-refractivity contribution in [3.63, 3.8) is 0 Å². The summed E-state index contributed by atoms with van der Waals surface area (Å²) in [4.78, 5) is 132. The predicted octanol–water partition coefficient (Wildman–Crippen LogP) is -1.13. The minimum Gasteiger partial charge on any atom is -0.481 e. The molecule has 8 amide bonds. The molecule has 0 aliphatic heterocycles. The molecule has 0 radical (unpaired) electrons. The van der Waals surface area contributed by atoms with Gasteiger partial charge in [-0.1, -0.05) is 59.6 Å². The van der Waals surface area contributed by atoms with Crippen molar-refractivity contribution in [1.82, 2.24) is 37.2 Å². The van der Waals surface area contributed by atoms with Crippen LogP contribution in [0.5, 0.6) is 0 Å². The number of aliphatic imine (C=N–C) groups is 1. The fourth-order valence-electron chi connectivity index (χ4n) is 6.42. The van der Waals surface area contributed by atoms with Crippen LogP contribution in [-0.4, -0.2) is 118 Å². The van der Waals surface area contributed by atoms with Gasteiger partial charge in [-0.15, -0.1) is 0 Å². The van der Waals surface area contributed by atoms with Gasteiger partial charge in [0.25, 0.3) is 5.69 Å². The second-order valence-electron chi connectivity index (χ2n) is 16.6. The van der Waals surface area contributed by atoms with Gasteiger partial charge >= 0.3 is 5.97 Å². The molecule has 0 aliphatic rings. The molecule has 368 valence electrons. The average Bonchev–Trinajstić information content (AvgIpc) is 3.22. The zero-order valence-corrected chi connectivity index (χ0v) is 38.6. The molecule has 0 saturated carbocycles. The fraction of sp³-hybridized carbons (Fsp3) is 0.619. The molecular formula is C42H68N12O12. The Labute approximate surface area is 383 Å². The lowest BCUT2D eigenvalue weighted by atomic mass is 9.98. The number of amides is 8. The van der Waals surface area contributed by atoms with E-state index in [4.69, 9.17) is 17.2 Å². The highest BCUT2D eigenvalue weighted by Gasteiger charge is 2.35. The van der Waals surface area contributed by atoms with Crippen molar-refractivity contribution < 1.29 is 53.2 Å². The number of non-ortho nitro benzene ring substituents is 1. The molecule has 66 heavy (non-hydrogen) atoms. The molecule has 0 aromatic heterocycles. The molecule has 0 bridgehead atoms. The number of carbonyl (C=O) groups excluding carboxylic acids is 8. The van der Waals surface area contributed by atoms with Crippen LogP contribution in [-0.2, 0) is 49.6 Å². The number of nitrogens with zero attached hydrogens (tertiary/aromatic N) is 2. The van der Waals surface area contributed by atoms with Crippen LogP contribution >= 0.6 is 0 Å². The molecule has 0 saturated heterocycles. The summed E-state index contributed by atoms with van der Waals surface area (Å²) < 4.78 is 0. The summed E-state index contributed by atoms with van der Waals surface area (Å²) in [6.45, 7) is 11.4. The lowest BCUT2D eigenvalue weighted by molar-refractivity contribution is -0.384. The standard InChI is InChI=1S/C42H68N12O12/c1-8-9-11-28(35(43)58)49-36(59)24(6)47-37(60)30(17-18-33(56)57)50-40(63)32(21-26-13-15-27(16-14-26)54(65)66)51-39(62)31(20-22(2)3)52-41(64)34(23(4)5)53-38(61)29(48-25(7)55)12-10-19-46-42(44)45/h13-16,22-24,28-32,34H,8-12,17-21H2,1-7H3,(H2,43,58)(H,47,60)(H,48,55)(H,49,59)(H,50,63)(H,51,62)(H,52,64)(H,53,61)(H,56,57)(H4,44,45,46)/t24-,28-,29-,30-,31-,32-,34-/m0/s1. The molecule has 24 nitrogen and oxygen atoms in total. The molecular weight excluding hydrogens is 865 g/mol. The van der Waals surface area contributed by atoms with Crippen LogP contribution in [0.3, 0.4) is 0 Å². The Kier molecular flexibility index (Phi) is 24.9. The summed E-state index contributed by atoms with van der Waals surface area (Å²) in [6.07, 6.45) is 0.594. The number of aliphatic carboxylic acids is 1. The minimum absolute atomic E-state index is 0.0279. The molecule has 1 aromatic carbocycles. The third-order valence-corrected chi connectivity index (χ3v) is 9.98. The molecule has 24 heteroatoms. The number of hydrogen-bond acceptors (Lipinski definition) is 12. The van der Waals surface area contributed by atoms with Crippen LogP contribution in [0.1, 0.15) is 105 Å². The zero-order chi connectivity index (χ0) is 50.3. The number of hydrogen-bond donors (Lipinski definition) is 11. The number of primary amides is 1. The van der Waals surface area contributed by atoms with Crippen molar-refractivity contribution in [2.45, 2.75) is 149 Å². The number of carboxylic acid groups (broad SMARTS) is 1. The van der Waals surface area contributed by atoms with Crippen molar-refractivity contribution >= 4 is 64.9 Å². The van der Waals surface area contributed by atoms with Gasteiger partial charge in [0.15, 0.2) is 5.96 Å². The molecule has 0 fully saturated rings. The van der Waals surface area contributed by atoms with Gasteiger partial charge < -0.3 is 59.5 Å². The summed E-state index contributed by atoms with van der Waals surface area (Å²) >= 11 is 0. The van der Waals surface area contributed by atoms with Crippen LogP contribution in [0.4, 0.5) is 5.69 Å². The van der Waals surface area contributed by atoms with Crippen molar-refractivity contribution in [1.29, 1.82) is 0 Å². The van der Waals surface area contributed by atoms with Crippen LogP contribution < -0.4 is 54.4 Å². The number of carboxylic acids is 1. The zero-order valence-electron chi connectivity index (χ0n) is 38.6. The average molecular weight is 933 g/mol. The fourth-order valence-corrected chi connectivity index (χ4v) is 6.42. The Bertz CT molecular complexity index is 1890. The van der Waals surface area contributed by atoms with Crippen LogP contribution in [0.25, 0.3) is 0 Å². The van der Waals surface area contributed by atoms with E-state index in [0.29, 0.717) is 24.8 Å². The molecule has 0 heterocycles. The quantitative estimate of drug-likeness (QED) is 0.0143. The first-order valence-corrected chi connectivity index (χ1v) is 21.8. The van der Waals surface area contributed by atoms with Crippen LogP contribution in [0, 0.1) is 22.0 Å². The Balaban J connectivity index is 3.51. The Morgan fingerprint density at radius 2 is 1.18 bits per heavy atom. The van der Waals surface area contributed by atoms with Gasteiger partial charge in [-0.05, 0) is 56.4 Å². The van der Waals surface area contributed by atoms with Gasteiger partial charge in [0.2, 0.25) is 47.3 Å². The van der Waals surface area contributed by atoms with Gasteiger partial charge in [-0.25, -0.2) is 0 Å². The molecule has 0 spiro atoms. The number of guanidine groups is 1. The Hall–Kier alpha value is -6.88. The van der Waals surface area contributed by atoms with E-state index < -0.39 is 119 Å². The molecule has 0 aliphatic carbocycles. The van der Waals surface area contributed by atoms with Crippen molar-refractivity contribution in [2.24, 2.45) is 34.0 Å². The highest BCUT2D eigenvalue weighted by molar-refractivity contribution is 5.97. The molecule has 1 rings (SSSR count). The summed E-state index contributed by atoms with van der Waals surface area (Å²) in [5.74, 6) is -8.60. The number of nitrogens with one attached hydrogen (secondary N) is 7. The maximum atomic E-state index is 14.2. The maximum Gasteiger partial charge on any atom is 0.303 e. The first-order chi connectivity index (χ1) is 30.9. The lowest BCUT2D eigenvalue weighted by Gasteiger charge is -2.29. The number of nitro benzene ring substituents is 1. The third kappa shape index (κ3) is 21.7. The maximum absolute atomic E-state index is 14.2. The normalized spacial score (nSPS) is 14.1.